The Hall–Kier alpha value is -1.60. The Kier molecular flexibility index (Phi) is 4.54. The van der Waals surface area contributed by atoms with E-state index in [-0.39, 0.29) is 18.7 Å². The Morgan fingerprint density at radius 1 is 1.05 bits per heavy atom. The highest BCUT2D eigenvalue weighted by Crippen LogP contribution is 2.35. The molecule has 0 atom stereocenters. The average Bonchev–Trinajstić information content (AvgIpc) is 2.23. The van der Waals surface area contributed by atoms with Crippen molar-refractivity contribution < 1.29 is 26.3 Å². The lowest BCUT2D eigenvalue weighted by Gasteiger charge is -2.13. The van der Waals surface area contributed by atoms with E-state index in [1.165, 1.54) is 6.07 Å². The summed E-state index contributed by atoms with van der Waals surface area (Å²) in [5.41, 5.74) is 3.85. The van der Waals surface area contributed by atoms with Crippen LogP contribution < -0.4 is 11.1 Å². The van der Waals surface area contributed by atoms with Crippen LogP contribution in [0.3, 0.4) is 0 Å². The maximum absolute atomic E-state index is 12.5. The maximum atomic E-state index is 12.5. The molecule has 0 unspecified atom stereocenters. The van der Waals surface area contributed by atoms with Crippen LogP contribution in [0, 0.1) is 0 Å². The van der Waals surface area contributed by atoms with Crippen molar-refractivity contribution in [1.82, 2.24) is 0 Å². The number of nitrogens with one attached hydrogen (secondary N) is 1. The molecule has 1 aromatic rings. The summed E-state index contributed by atoms with van der Waals surface area (Å²) in [5.74, 6) is 0. The summed E-state index contributed by atoms with van der Waals surface area (Å²) in [6.07, 6.45) is -10.1. The lowest BCUT2D eigenvalue weighted by Crippen LogP contribution is -2.12. The smallest absolute Gasteiger partial charge is 0.398 e. The zero-order valence-electron chi connectivity index (χ0n) is 9.70. The molecule has 108 valence electrons. The number of benzene rings is 1. The monoisotopic (exact) mass is 286 g/mol. The summed E-state index contributed by atoms with van der Waals surface area (Å²) in [7, 11) is 0. The van der Waals surface area contributed by atoms with Crippen LogP contribution in [0.25, 0.3) is 0 Å². The average molecular weight is 286 g/mol. The van der Waals surface area contributed by atoms with Gasteiger partial charge in [-0.15, -0.1) is 0 Å². The molecule has 0 heterocycles. The van der Waals surface area contributed by atoms with Crippen molar-refractivity contribution in [2.45, 2.75) is 25.2 Å². The van der Waals surface area contributed by atoms with Gasteiger partial charge in [-0.3, -0.25) is 0 Å². The molecule has 0 amide bonds. The molecule has 0 aliphatic carbocycles. The summed E-state index contributed by atoms with van der Waals surface area (Å²) >= 11 is 0. The second-order valence-electron chi connectivity index (χ2n) is 3.95. The molecule has 0 saturated heterocycles. The number of alkyl halides is 6. The van der Waals surface area contributed by atoms with Crippen LogP contribution in [0.1, 0.15) is 18.4 Å². The van der Waals surface area contributed by atoms with Gasteiger partial charge in [-0.05, 0) is 24.6 Å². The van der Waals surface area contributed by atoms with Gasteiger partial charge in [0, 0.05) is 24.3 Å². The van der Waals surface area contributed by atoms with Crippen molar-refractivity contribution in [3.63, 3.8) is 0 Å². The van der Waals surface area contributed by atoms with Crippen molar-refractivity contribution in [1.29, 1.82) is 0 Å². The second-order valence-corrected chi connectivity index (χ2v) is 3.95. The lowest BCUT2D eigenvalue weighted by molar-refractivity contribution is -0.137. The first-order valence-corrected chi connectivity index (χ1v) is 5.37. The summed E-state index contributed by atoms with van der Waals surface area (Å²) in [6, 6.07) is 3.13. The van der Waals surface area contributed by atoms with Gasteiger partial charge in [0.15, 0.2) is 0 Å². The van der Waals surface area contributed by atoms with Crippen molar-refractivity contribution in [2.24, 2.45) is 0 Å². The number of rotatable bonds is 4. The first-order valence-electron chi connectivity index (χ1n) is 5.37. The van der Waals surface area contributed by atoms with E-state index >= 15 is 0 Å². The molecule has 8 heteroatoms. The molecule has 0 bridgehead atoms. The molecular formula is C11H12F6N2. The van der Waals surface area contributed by atoms with Gasteiger partial charge in [-0.2, -0.15) is 26.3 Å². The predicted molar refractivity (Wildman–Crippen MR) is 59.6 cm³/mol. The number of hydrogen-bond donors (Lipinski definition) is 2. The van der Waals surface area contributed by atoms with Crippen LogP contribution >= 0.6 is 0 Å². The number of nitrogens with two attached hydrogens (primary N) is 1. The van der Waals surface area contributed by atoms with E-state index in [0.717, 1.165) is 12.1 Å². The third-order valence-electron chi connectivity index (χ3n) is 2.32. The molecular weight excluding hydrogens is 274 g/mol. The number of anilines is 2. The highest BCUT2D eigenvalue weighted by atomic mass is 19.4. The van der Waals surface area contributed by atoms with E-state index in [0.29, 0.717) is 0 Å². The van der Waals surface area contributed by atoms with E-state index in [2.05, 4.69) is 5.32 Å². The van der Waals surface area contributed by atoms with E-state index in [1.807, 2.05) is 0 Å². The molecule has 1 rings (SSSR count). The molecule has 1 aromatic carbocycles. The fourth-order valence-corrected chi connectivity index (χ4v) is 1.43. The molecule has 0 fully saturated rings. The minimum atomic E-state index is -4.59. The Balaban J connectivity index is 2.61. The SMILES string of the molecule is Nc1ccc(NCCCC(F)(F)F)cc1C(F)(F)F. The predicted octanol–water partition coefficient (Wildman–Crippen LogP) is 4.04. The number of halogens is 6. The van der Waals surface area contributed by atoms with Crippen LogP contribution in [0.2, 0.25) is 0 Å². The fourth-order valence-electron chi connectivity index (χ4n) is 1.43. The van der Waals surface area contributed by atoms with Crippen LogP contribution in [0.4, 0.5) is 37.7 Å². The van der Waals surface area contributed by atoms with E-state index in [9.17, 15) is 26.3 Å². The van der Waals surface area contributed by atoms with Gasteiger partial charge in [0.1, 0.15) is 0 Å². The summed E-state index contributed by atoms with van der Waals surface area (Å²) in [6.45, 7) is -0.0687. The third kappa shape index (κ3) is 5.27. The molecule has 0 radical (unpaired) electrons. The van der Waals surface area contributed by atoms with Gasteiger partial charge in [-0.25, -0.2) is 0 Å². The van der Waals surface area contributed by atoms with Crippen LogP contribution in [-0.2, 0) is 6.18 Å². The summed E-state index contributed by atoms with van der Waals surface area (Å²) < 4.78 is 73.1. The highest BCUT2D eigenvalue weighted by molar-refractivity contribution is 5.58. The Labute approximate surface area is 105 Å². The summed E-state index contributed by atoms with van der Waals surface area (Å²) in [4.78, 5) is 0. The fraction of sp³-hybridized carbons (Fsp3) is 0.455. The molecule has 2 nitrogen and oxygen atoms in total. The molecule has 0 aliphatic rings. The van der Waals surface area contributed by atoms with E-state index < -0.39 is 30.0 Å². The minimum Gasteiger partial charge on any atom is -0.398 e. The number of hydrogen-bond acceptors (Lipinski definition) is 2. The molecule has 19 heavy (non-hydrogen) atoms. The van der Waals surface area contributed by atoms with Gasteiger partial charge in [0.05, 0.1) is 5.56 Å². The molecule has 0 aliphatic heterocycles. The second kappa shape index (κ2) is 5.58. The first-order chi connectivity index (χ1) is 8.59. The first kappa shape index (κ1) is 15.5. The highest BCUT2D eigenvalue weighted by Gasteiger charge is 2.33. The zero-order valence-corrected chi connectivity index (χ0v) is 9.70. The van der Waals surface area contributed by atoms with Gasteiger partial charge in [0.25, 0.3) is 0 Å². The third-order valence-corrected chi connectivity index (χ3v) is 2.32. The molecule has 0 spiro atoms. The van der Waals surface area contributed by atoms with Gasteiger partial charge in [-0.1, -0.05) is 0 Å². The van der Waals surface area contributed by atoms with Crippen LogP contribution in [-0.4, -0.2) is 12.7 Å². The van der Waals surface area contributed by atoms with Crippen molar-refractivity contribution >= 4 is 11.4 Å². The topological polar surface area (TPSA) is 38.0 Å². The quantitative estimate of drug-likeness (QED) is 0.498. The zero-order chi connectivity index (χ0) is 14.7. The van der Waals surface area contributed by atoms with Crippen molar-refractivity contribution in [3.05, 3.63) is 23.8 Å². The summed E-state index contributed by atoms with van der Waals surface area (Å²) in [5, 5.41) is 2.50. The lowest BCUT2D eigenvalue weighted by atomic mass is 10.1. The number of nitrogen functional groups attached to an aromatic ring is 1. The Morgan fingerprint density at radius 3 is 2.21 bits per heavy atom. The van der Waals surface area contributed by atoms with Gasteiger partial charge < -0.3 is 11.1 Å². The van der Waals surface area contributed by atoms with Gasteiger partial charge in [0.2, 0.25) is 0 Å². The van der Waals surface area contributed by atoms with Crippen molar-refractivity contribution in [3.8, 4) is 0 Å². The van der Waals surface area contributed by atoms with E-state index in [4.69, 9.17) is 5.73 Å². The molecule has 0 saturated carbocycles. The minimum absolute atomic E-state index is 0.0687. The van der Waals surface area contributed by atoms with Gasteiger partial charge >= 0.3 is 12.4 Å². The standard InChI is InChI=1S/C11H12F6N2/c12-10(13,14)4-1-5-19-7-2-3-9(18)8(6-7)11(15,16)17/h2-3,6,19H,1,4-5,18H2. The Morgan fingerprint density at radius 2 is 1.68 bits per heavy atom. The van der Waals surface area contributed by atoms with Crippen molar-refractivity contribution in [2.75, 3.05) is 17.6 Å². The molecule has 0 aromatic heterocycles. The van der Waals surface area contributed by atoms with E-state index in [1.54, 1.807) is 0 Å². The van der Waals surface area contributed by atoms with Crippen LogP contribution in [0.5, 0.6) is 0 Å². The molecule has 3 N–H and O–H groups in total. The normalized spacial score (nSPS) is 12.5. The largest absolute Gasteiger partial charge is 0.418 e. The maximum Gasteiger partial charge on any atom is 0.418 e. The Bertz CT molecular complexity index is 424. The van der Waals surface area contributed by atoms with Crippen LogP contribution in [0.15, 0.2) is 18.2 Å².